The smallest absolute Gasteiger partial charge is 0.251 e. The molecule has 1 fully saturated rings. The fourth-order valence-electron chi connectivity index (χ4n) is 2.67. The minimum Gasteiger partial charge on any atom is -0.377 e. The van der Waals surface area contributed by atoms with Crippen LogP contribution in [0.15, 0.2) is 48.1 Å². The molecule has 1 aliphatic rings. The van der Waals surface area contributed by atoms with Gasteiger partial charge in [-0.25, -0.2) is 8.42 Å². The molecule has 0 bridgehead atoms. The van der Waals surface area contributed by atoms with Gasteiger partial charge in [-0.05, 0) is 84.1 Å². The van der Waals surface area contributed by atoms with Crippen LogP contribution in [0.1, 0.15) is 64.2 Å². The molecule has 2 N–H and O–H groups in total. The summed E-state index contributed by atoms with van der Waals surface area (Å²) >= 11 is 0. The van der Waals surface area contributed by atoms with E-state index >= 15 is 0 Å². The van der Waals surface area contributed by atoms with Crippen molar-refractivity contribution in [3.8, 4) is 0 Å². The van der Waals surface area contributed by atoms with Crippen LogP contribution in [0.5, 0.6) is 0 Å². The van der Waals surface area contributed by atoms with E-state index in [4.69, 9.17) is 4.74 Å². The van der Waals surface area contributed by atoms with Crippen LogP contribution < -0.4 is 10.0 Å². The van der Waals surface area contributed by atoms with Gasteiger partial charge in [-0.1, -0.05) is 23.8 Å². The average molecular weight is 449 g/mol. The lowest BCUT2D eigenvalue weighted by Crippen LogP contribution is -2.35. The molecular formula is C24H36N2O4S. The largest absolute Gasteiger partial charge is 0.377 e. The molecule has 1 aromatic carbocycles. The summed E-state index contributed by atoms with van der Waals surface area (Å²) in [6.45, 7) is 14.2. The Bertz CT molecular complexity index is 908. The monoisotopic (exact) mass is 448 g/mol. The van der Waals surface area contributed by atoms with Gasteiger partial charge in [-0.2, -0.15) is 0 Å². The van der Waals surface area contributed by atoms with Crippen molar-refractivity contribution in [3.63, 3.8) is 0 Å². The van der Waals surface area contributed by atoms with Gasteiger partial charge in [-0.15, -0.1) is 0 Å². The van der Waals surface area contributed by atoms with Crippen LogP contribution in [0.2, 0.25) is 0 Å². The number of carbonyl (C=O) groups is 1. The van der Waals surface area contributed by atoms with Crippen LogP contribution >= 0.6 is 0 Å². The highest BCUT2D eigenvalue weighted by molar-refractivity contribution is 7.94. The van der Waals surface area contributed by atoms with Crippen LogP contribution in [0.25, 0.3) is 0 Å². The molecule has 1 atom stereocenters. The van der Waals surface area contributed by atoms with Crippen molar-refractivity contribution < 1.29 is 17.9 Å². The molecule has 1 amide bonds. The third kappa shape index (κ3) is 8.15. The zero-order chi connectivity index (χ0) is 23.2. The van der Waals surface area contributed by atoms with Crippen LogP contribution in [-0.4, -0.2) is 38.3 Å². The molecule has 172 valence electrons. The van der Waals surface area contributed by atoms with Crippen LogP contribution in [0.4, 0.5) is 5.69 Å². The van der Waals surface area contributed by atoms with Crippen LogP contribution in [-0.2, 0) is 14.8 Å². The minimum atomic E-state index is -3.52. The highest BCUT2D eigenvalue weighted by Crippen LogP contribution is 2.28. The molecule has 0 saturated heterocycles. The lowest BCUT2D eigenvalue weighted by Gasteiger charge is -2.21. The molecule has 7 heteroatoms. The van der Waals surface area contributed by atoms with E-state index in [1.807, 2.05) is 13.8 Å². The number of carbonyl (C=O) groups excluding carboxylic acids is 1. The molecule has 0 radical (unpaired) electrons. The molecule has 1 saturated carbocycles. The molecule has 0 aliphatic heterocycles. The molecule has 6 nitrogen and oxygen atoms in total. The highest BCUT2D eigenvalue weighted by Gasteiger charge is 2.28. The first-order valence-corrected chi connectivity index (χ1v) is 12.2. The Kier molecular flexibility index (Phi) is 8.49. The molecule has 1 aromatic rings. The second kappa shape index (κ2) is 10.5. The first kappa shape index (κ1) is 25.1. The average Bonchev–Trinajstić information content (AvgIpc) is 3.48. The summed E-state index contributed by atoms with van der Waals surface area (Å²) in [4.78, 5) is 12.7. The van der Waals surface area contributed by atoms with Gasteiger partial charge in [-0.3, -0.25) is 9.52 Å². The first-order chi connectivity index (χ1) is 14.4. The second-order valence-corrected chi connectivity index (χ2v) is 11.8. The van der Waals surface area contributed by atoms with E-state index in [-0.39, 0.29) is 11.9 Å². The van der Waals surface area contributed by atoms with Crippen molar-refractivity contribution in [2.75, 3.05) is 17.9 Å². The lowest BCUT2D eigenvalue weighted by atomic mass is 10.0. The molecule has 2 rings (SSSR count). The molecule has 31 heavy (non-hydrogen) atoms. The minimum absolute atomic E-state index is 0.190. The van der Waals surface area contributed by atoms with Gasteiger partial charge in [0.25, 0.3) is 5.91 Å². The summed E-state index contributed by atoms with van der Waals surface area (Å²) in [5.41, 5.74) is 2.88. The van der Waals surface area contributed by atoms with Crippen molar-refractivity contribution >= 4 is 21.6 Å². The topological polar surface area (TPSA) is 84.5 Å². The summed E-state index contributed by atoms with van der Waals surface area (Å²) < 4.78 is 31.9. The van der Waals surface area contributed by atoms with E-state index in [9.17, 15) is 13.2 Å². The molecule has 0 aromatic heterocycles. The fourth-order valence-corrected chi connectivity index (χ4v) is 3.42. The van der Waals surface area contributed by atoms with Crippen LogP contribution in [0, 0.1) is 5.92 Å². The number of nitrogens with one attached hydrogen (secondary N) is 2. The standard InChI is InChI=1S/C24H36N2O4S/c1-17(2)22(14-7-18(3)15-30-16-19-8-9-19)25-23(27)20-10-12-21(13-11-20)26-31(28,29)24(4,5)6/h7,10-13,19,22,26H,1,8-9,14-16H2,2-6H3,(H,25,27)/b18-7-. The van der Waals surface area contributed by atoms with Crippen molar-refractivity contribution in [2.24, 2.45) is 5.92 Å². The van der Waals surface area contributed by atoms with Gasteiger partial charge in [0.2, 0.25) is 10.0 Å². The number of hydrogen-bond acceptors (Lipinski definition) is 4. The molecule has 0 heterocycles. The predicted octanol–water partition coefficient (Wildman–Crippen LogP) is 4.66. The van der Waals surface area contributed by atoms with Gasteiger partial charge in [0.05, 0.1) is 17.4 Å². The van der Waals surface area contributed by atoms with E-state index in [0.29, 0.717) is 24.3 Å². The number of hydrogen-bond donors (Lipinski definition) is 2. The number of sulfonamides is 1. The fraction of sp³-hybridized carbons (Fsp3) is 0.542. The number of anilines is 1. The summed E-state index contributed by atoms with van der Waals surface area (Å²) in [5.74, 6) is 0.514. The van der Waals surface area contributed by atoms with Crippen molar-refractivity contribution in [3.05, 3.63) is 53.6 Å². The summed E-state index contributed by atoms with van der Waals surface area (Å²) in [5, 5.41) is 3.00. The van der Waals surface area contributed by atoms with E-state index < -0.39 is 14.8 Å². The number of benzene rings is 1. The highest BCUT2D eigenvalue weighted by atomic mass is 32.2. The van der Waals surface area contributed by atoms with E-state index in [2.05, 4.69) is 22.7 Å². The normalized spacial score (nSPS) is 16.0. The third-order valence-electron chi connectivity index (χ3n) is 5.19. The Hall–Kier alpha value is -2.12. The van der Waals surface area contributed by atoms with Gasteiger partial charge >= 0.3 is 0 Å². The van der Waals surface area contributed by atoms with Gasteiger partial charge in [0.15, 0.2) is 0 Å². The number of ether oxygens (including phenoxy) is 1. The zero-order valence-electron chi connectivity index (χ0n) is 19.3. The van der Waals surface area contributed by atoms with Gasteiger partial charge < -0.3 is 10.1 Å². The third-order valence-corrected chi connectivity index (χ3v) is 7.30. The van der Waals surface area contributed by atoms with Crippen molar-refractivity contribution in [1.29, 1.82) is 0 Å². The Balaban J connectivity index is 1.93. The Morgan fingerprint density at radius 1 is 1.23 bits per heavy atom. The number of amides is 1. The summed E-state index contributed by atoms with van der Waals surface area (Å²) in [6, 6.07) is 6.21. The SMILES string of the molecule is C=C(C)C(C/C=C(/C)COCC1CC1)NC(=O)c1ccc(NS(=O)(=O)C(C)(C)C)cc1. The molecule has 0 spiro atoms. The molecule has 1 unspecified atom stereocenters. The predicted molar refractivity (Wildman–Crippen MR) is 127 cm³/mol. The van der Waals surface area contributed by atoms with Crippen molar-refractivity contribution in [1.82, 2.24) is 5.32 Å². The van der Waals surface area contributed by atoms with Crippen molar-refractivity contribution in [2.45, 2.75) is 64.7 Å². The lowest BCUT2D eigenvalue weighted by molar-refractivity contribution is 0.0943. The maximum Gasteiger partial charge on any atom is 0.251 e. The maximum absolute atomic E-state index is 12.7. The summed E-state index contributed by atoms with van der Waals surface area (Å²) in [7, 11) is -3.52. The zero-order valence-corrected chi connectivity index (χ0v) is 20.1. The molecular weight excluding hydrogens is 412 g/mol. The maximum atomic E-state index is 12.7. The second-order valence-electron chi connectivity index (χ2n) is 9.41. The number of rotatable bonds is 11. The molecule has 1 aliphatic carbocycles. The van der Waals surface area contributed by atoms with Gasteiger partial charge in [0.1, 0.15) is 0 Å². The summed E-state index contributed by atoms with van der Waals surface area (Å²) in [6.07, 6.45) is 5.27. The quantitative estimate of drug-likeness (QED) is 0.482. The van der Waals surface area contributed by atoms with E-state index in [0.717, 1.165) is 23.7 Å². The Morgan fingerprint density at radius 2 is 1.84 bits per heavy atom. The Labute approximate surface area is 187 Å². The van der Waals surface area contributed by atoms with E-state index in [1.165, 1.54) is 12.8 Å². The van der Waals surface area contributed by atoms with E-state index in [1.54, 1.807) is 45.0 Å². The first-order valence-electron chi connectivity index (χ1n) is 10.7. The Morgan fingerprint density at radius 3 is 2.35 bits per heavy atom. The van der Waals surface area contributed by atoms with Crippen LogP contribution in [0.3, 0.4) is 0 Å². The van der Waals surface area contributed by atoms with Gasteiger partial charge in [0, 0.05) is 17.9 Å².